The molecule has 1 N–H and O–H groups in total. The number of carboxylic acid groups (broad SMARTS) is 1. The first-order valence-electron chi connectivity index (χ1n) is 8.69. The Kier molecular flexibility index (Phi) is 5.49. The van der Waals surface area contributed by atoms with Crippen LogP contribution in [0.25, 0.3) is 5.69 Å². The second-order valence-electron chi connectivity index (χ2n) is 6.53. The summed E-state index contributed by atoms with van der Waals surface area (Å²) in [6.45, 7) is 0.554. The highest BCUT2D eigenvalue weighted by Gasteiger charge is 2.29. The van der Waals surface area contributed by atoms with E-state index in [9.17, 15) is 14.4 Å². The van der Waals surface area contributed by atoms with Gasteiger partial charge in [-0.1, -0.05) is 18.2 Å². The van der Waals surface area contributed by atoms with E-state index in [1.807, 2.05) is 30.3 Å². The lowest BCUT2D eigenvalue weighted by atomic mass is 9.98. The maximum absolute atomic E-state index is 12.5. The zero-order valence-corrected chi connectivity index (χ0v) is 15.0. The number of likely N-dealkylation sites (N-methyl/N-ethyl adjacent to an activating group) is 1. The minimum absolute atomic E-state index is 0.135. The molecule has 2 aromatic rings. The molecule has 2 heterocycles. The van der Waals surface area contributed by atoms with Gasteiger partial charge in [-0.25, -0.2) is 0 Å². The third-order valence-electron chi connectivity index (χ3n) is 4.54. The van der Waals surface area contributed by atoms with Crippen LogP contribution in [0, 0.1) is 5.92 Å². The molecule has 0 bridgehead atoms. The van der Waals surface area contributed by atoms with Crippen LogP contribution in [0.2, 0.25) is 0 Å². The van der Waals surface area contributed by atoms with E-state index in [2.05, 4.69) is 10.2 Å². The normalized spacial score (nSPS) is 16.8. The van der Waals surface area contributed by atoms with Crippen LogP contribution < -0.4 is 0 Å². The molecule has 1 fully saturated rings. The quantitative estimate of drug-likeness (QED) is 0.827. The Morgan fingerprint density at radius 1 is 1.26 bits per heavy atom. The van der Waals surface area contributed by atoms with Gasteiger partial charge in [-0.3, -0.25) is 14.4 Å². The summed E-state index contributed by atoms with van der Waals surface area (Å²) in [6.07, 6.45) is 2.57. The molecule has 9 nitrogen and oxygen atoms in total. The van der Waals surface area contributed by atoms with Gasteiger partial charge >= 0.3 is 5.97 Å². The molecule has 1 atom stereocenters. The number of aliphatic carboxylic acids is 1. The minimum atomic E-state index is -0.894. The van der Waals surface area contributed by atoms with E-state index in [1.54, 1.807) is 0 Å². The molecule has 0 spiro atoms. The smallest absolute Gasteiger partial charge is 0.308 e. The molecule has 1 aliphatic heterocycles. The van der Waals surface area contributed by atoms with Crippen LogP contribution in [-0.2, 0) is 9.59 Å². The summed E-state index contributed by atoms with van der Waals surface area (Å²) in [6, 6.07) is 9.18. The molecule has 1 aromatic carbocycles. The molecule has 1 aliphatic rings. The van der Waals surface area contributed by atoms with Crippen molar-refractivity contribution in [3.8, 4) is 5.69 Å². The number of amides is 2. The molecule has 0 radical (unpaired) electrons. The molecule has 2 amide bonds. The number of hydrogen-bond donors (Lipinski definition) is 1. The first kappa shape index (κ1) is 18.6. The SMILES string of the molecule is CN(CC(=O)N1CCCC(C(=O)O)C1)C(=O)c1cnn(-c2ccccc2)n1. The van der Waals surface area contributed by atoms with Crippen molar-refractivity contribution in [2.75, 3.05) is 26.7 Å². The average molecular weight is 371 g/mol. The number of carbonyl (C=O) groups excluding carboxylic acids is 2. The van der Waals surface area contributed by atoms with Gasteiger partial charge in [-0.2, -0.15) is 9.90 Å². The van der Waals surface area contributed by atoms with Crippen molar-refractivity contribution in [3.05, 3.63) is 42.2 Å². The van der Waals surface area contributed by atoms with Crippen molar-refractivity contribution >= 4 is 17.8 Å². The molecular weight excluding hydrogens is 350 g/mol. The van der Waals surface area contributed by atoms with Gasteiger partial charge in [0.15, 0.2) is 5.69 Å². The topological polar surface area (TPSA) is 109 Å². The van der Waals surface area contributed by atoms with E-state index in [-0.39, 0.29) is 24.7 Å². The Morgan fingerprint density at radius 3 is 2.70 bits per heavy atom. The fraction of sp³-hybridized carbons (Fsp3) is 0.389. The molecule has 1 saturated heterocycles. The first-order chi connectivity index (χ1) is 13.0. The average Bonchev–Trinajstić information content (AvgIpc) is 3.18. The maximum Gasteiger partial charge on any atom is 0.308 e. The van der Waals surface area contributed by atoms with Crippen LogP contribution in [0.15, 0.2) is 36.5 Å². The van der Waals surface area contributed by atoms with E-state index >= 15 is 0 Å². The number of nitrogens with zero attached hydrogens (tertiary/aromatic N) is 5. The van der Waals surface area contributed by atoms with Crippen LogP contribution in [0.1, 0.15) is 23.3 Å². The van der Waals surface area contributed by atoms with Gasteiger partial charge in [0.05, 0.1) is 24.3 Å². The van der Waals surface area contributed by atoms with E-state index in [0.717, 1.165) is 5.69 Å². The molecule has 3 rings (SSSR count). The van der Waals surface area contributed by atoms with E-state index < -0.39 is 17.8 Å². The van der Waals surface area contributed by atoms with Gasteiger partial charge in [0.25, 0.3) is 5.91 Å². The van der Waals surface area contributed by atoms with Crippen LogP contribution in [0.4, 0.5) is 0 Å². The highest BCUT2D eigenvalue weighted by atomic mass is 16.4. The molecule has 1 unspecified atom stereocenters. The van der Waals surface area contributed by atoms with Crippen molar-refractivity contribution < 1.29 is 19.5 Å². The Morgan fingerprint density at radius 2 is 2.00 bits per heavy atom. The second-order valence-corrected chi connectivity index (χ2v) is 6.53. The Labute approximate surface area is 156 Å². The van der Waals surface area contributed by atoms with Crippen LogP contribution in [0.5, 0.6) is 0 Å². The lowest BCUT2D eigenvalue weighted by Gasteiger charge is -2.31. The lowest BCUT2D eigenvalue weighted by Crippen LogP contribution is -2.47. The first-order valence-corrected chi connectivity index (χ1v) is 8.69. The zero-order valence-electron chi connectivity index (χ0n) is 15.0. The fourth-order valence-electron chi connectivity index (χ4n) is 3.02. The third kappa shape index (κ3) is 4.30. The Bertz CT molecular complexity index is 835. The number of benzene rings is 1. The van der Waals surface area contributed by atoms with Crippen molar-refractivity contribution in [1.82, 2.24) is 24.8 Å². The van der Waals surface area contributed by atoms with Crippen LogP contribution in [0.3, 0.4) is 0 Å². The van der Waals surface area contributed by atoms with Crippen molar-refractivity contribution in [2.24, 2.45) is 5.92 Å². The lowest BCUT2D eigenvalue weighted by molar-refractivity contribution is -0.145. The standard InChI is InChI=1S/C18H21N5O4/c1-21(12-16(24)22-9-5-6-13(11-22)18(26)27)17(25)15-10-19-23(20-15)14-7-3-2-4-8-14/h2-4,7-8,10,13H,5-6,9,11-12H2,1H3,(H,26,27). The Hall–Kier alpha value is -3.23. The molecule has 0 saturated carbocycles. The van der Waals surface area contributed by atoms with Gasteiger partial charge in [-0.15, -0.1) is 5.10 Å². The molecule has 9 heteroatoms. The van der Waals surface area contributed by atoms with E-state index in [1.165, 1.54) is 27.8 Å². The number of likely N-dealkylation sites (tertiary alicyclic amines) is 1. The summed E-state index contributed by atoms with van der Waals surface area (Å²) in [5.74, 6) is -2.13. The number of rotatable bonds is 5. The Balaban J connectivity index is 1.61. The monoisotopic (exact) mass is 371 g/mol. The fourth-order valence-corrected chi connectivity index (χ4v) is 3.02. The molecule has 142 valence electrons. The summed E-state index contributed by atoms with van der Waals surface area (Å²) in [4.78, 5) is 40.2. The number of carboxylic acids is 1. The predicted octanol–water partition coefficient (Wildman–Crippen LogP) is 0.663. The zero-order chi connectivity index (χ0) is 19.4. The number of aromatic nitrogens is 3. The van der Waals surface area contributed by atoms with Crippen molar-refractivity contribution in [2.45, 2.75) is 12.8 Å². The van der Waals surface area contributed by atoms with Gasteiger partial charge in [0.2, 0.25) is 5.91 Å². The maximum atomic E-state index is 12.5. The predicted molar refractivity (Wildman–Crippen MR) is 95.3 cm³/mol. The third-order valence-corrected chi connectivity index (χ3v) is 4.54. The molecule has 1 aromatic heterocycles. The molecule has 27 heavy (non-hydrogen) atoms. The van der Waals surface area contributed by atoms with Crippen molar-refractivity contribution in [1.29, 1.82) is 0 Å². The van der Waals surface area contributed by atoms with Gasteiger partial charge in [0.1, 0.15) is 0 Å². The highest BCUT2D eigenvalue weighted by molar-refractivity contribution is 5.94. The van der Waals surface area contributed by atoms with E-state index in [4.69, 9.17) is 5.11 Å². The molecular formula is C18H21N5O4. The van der Waals surface area contributed by atoms with Crippen LogP contribution in [-0.4, -0.2) is 74.4 Å². The number of carbonyl (C=O) groups is 3. The summed E-state index contributed by atoms with van der Waals surface area (Å²) in [5, 5.41) is 17.4. The number of para-hydroxylation sites is 1. The summed E-state index contributed by atoms with van der Waals surface area (Å²) in [7, 11) is 1.51. The summed E-state index contributed by atoms with van der Waals surface area (Å²) >= 11 is 0. The van der Waals surface area contributed by atoms with Gasteiger partial charge in [0, 0.05) is 20.1 Å². The summed E-state index contributed by atoms with van der Waals surface area (Å²) in [5.41, 5.74) is 0.861. The largest absolute Gasteiger partial charge is 0.481 e. The van der Waals surface area contributed by atoms with Crippen LogP contribution >= 0.6 is 0 Å². The number of hydrogen-bond acceptors (Lipinski definition) is 5. The highest BCUT2D eigenvalue weighted by Crippen LogP contribution is 2.17. The van der Waals surface area contributed by atoms with Gasteiger partial charge in [-0.05, 0) is 25.0 Å². The van der Waals surface area contributed by atoms with Crippen molar-refractivity contribution in [3.63, 3.8) is 0 Å². The van der Waals surface area contributed by atoms with Gasteiger partial charge < -0.3 is 14.9 Å². The second kappa shape index (κ2) is 7.98. The summed E-state index contributed by atoms with van der Waals surface area (Å²) < 4.78 is 0. The minimum Gasteiger partial charge on any atom is -0.481 e. The molecule has 0 aliphatic carbocycles. The number of piperidine rings is 1. The van der Waals surface area contributed by atoms with E-state index in [0.29, 0.717) is 19.4 Å².